The van der Waals surface area contributed by atoms with Gasteiger partial charge in [0.05, 0.1) is 12.7 Å². The quantitative estimate of drug-likeness (QED) is 0.282. The fourth-order valence-corrected chi connectivity index (χ4v) is 11.1. The van der Waals surface area contributed by atoms with Gasteiger partial charge in [0.15, 0.2) is 0 Å². The summed E-state index contributed by atoms with van der Waals surface area (Å²) in [6.07, 6.45) is 13.7. The molecule has 1 rings (SSSR count). The monoisotopic (exact) mass is 462 g/mol. The number of ether oxygens (including phenoxy) is 1. The third-order valence-electron chi connectivity index (χ3n) is 7.33. The van der Waals surface area contributed by atoms with E-state index in [0.29, 0.717) is 47.8 Å². The molecule has 0 bridgehead atoms. The summed E-state index contributed by atoms with van der Waals surface area (Å²) in [5, 5.41) is 0. The second kappa shape index (κ2) is 14.3. The van der Waals surface area contributed by atoms with Crippen molar-refractivity contribution in [1.29, 1.82) is 0 Å². The highest BCUT2D eigenvalue weighted by Crippen LogP contribution is 2.44. The molecule has 0 N–H and O–H groups in total. The van der Waals surface area contributed by atoms with Crippen molar-refractivity contribution in [1.82, 2.24) is 0 Å². The van der Waals surface area contributed by atoms with E-state index in [2.05, 4.69) is 79.7 Å². The van der Waals surface area contributed by atoms with Crippen molar-refractivity contribution >= 4 is 14.1 Å². The molecule has 32 heavy (non-hydrogen) atoms. The van der Waals surface area contributed by atoms with Crippen molar-refractivity contribution in [3.8, 4) is 0 Å². The Balaban J connectivity index is 3.29. The average Bonchev–Trinajstić information content (AvgIpc) is 2.72. The van der Waals surface area contributed by atoms with Crippen molar-refractivity contribution in [3.05, 3.63) is 35.5 Å². The molecular formula is C28H50O3Si. The van der Waals surface area contributed by atoms with Crippen LogP contribution >= 0.6 is 0 Å². The first-order chi connectivity index (χ1) is 15.1. The Morgan fingerprint density at radius 3 is 2.16 bits per heavy atom. The van der Waals surface area contributed by atoms with E-state index in [0.717, 1.165) is 25.7 Å². The molecule has 2 atom stereocenters. The minimum absolute atomic E-state index is 0.198. The number of methoxy groups -OCH3 is 1. The van der Waals surface area contributed by atoms with Gasteiger partial charge >= 0.3 is 0 Å². The van der Waals surface area contributed by atoms with Crippen LogP contribution < -0.4 is 0 Å². The fourth-order valence-electron chi connectivity index (χ4n) is 5.42. The second-order valence-electron chi connectivity index (χ2n) is 10.6. The summed E-state index contributed by atoms with van der Waals surface area (Å²) < 4.78 is 12.8. The number of Topliss-reactive ketones (excluding diaryl/α,β-unsaturated/α-hetero) is 1. The summed E-state index contributed by atoms with van der Waals surface area (Å²) >= 11 is 0. The lowest BCUT2D eigenvalue weighted by Crippen LogP contribution is -2.51. The fraction of sp³-hybridized carbons (Fsp3) is 0.750. The zero-order chi connectivity index (χ0) is 24.3. The summed E-state index contributed by atoms with van der Waals surface area (Å²) in [5.41, 5.74) is 4.36. The number of carbonyl (C=O) groups excluding carboxylic acids is 1. The van der Waals surface area contributed by atoms with E-state index in [1.54, 1.807) is 7.11 Å². The highest BCUT2D eigenvalue weighted by molar-refractivity contribution is 6.77. The summed E-state index contributed by atoms with van der Waals surface area (Å²) in [6, 6.07) is 0. The minimum Gasteiger partial charge on any atom is -0.413 e. The smallest absolute Gasteiger partial charge is 0.200 e. The highest BCUT2D eigenvalue weighted by Gasteiger charge is 2.47. The lowest BCUT2D eigenvalue weighted by Gasteiger charge is -2.45. The van der Waals surface area contributed by atoms with Crippen molar-refractivity contribution < 1.29 is 14.0 Å². The van der Waals surface area contributed by atoms with Crippen molar-refractivity contribution in [3.63, 3.8) is 0 Å². The SMILES string of the molecule is COC/C1=C(\C)CC[C@H](O[Si](C(C)C)(C(C)C)C(C)C)[C@@H](C)/C=C/C=C/CCC(=O)CC1. The number of carbonyl (C=O) groups is 1. The molecule has 0 fully saturated rings. The van der Waals surface area contributed by atoms with Crippen molar-refractivity contribution in [2.24, 2.45) is 5.92 Å². The standard InChI is InChI=1S/C28H50O3Si/c1-21(2)32(22(3)4,23(5)6)31-28-19-16-24(7)26(20-30-9)17-18-27(29)15-13-11-10-12-14-25(28)8/h10-12,14,21-23,25,28H,13,15-20H2,1-9H3/b11-10+,14-12+,26-24+/t25-,28-/m0/s1. The van der Waals surface area contributed by atoms with Gasteiger partial charge < -0.3 is 9.16 Å². The van der Waals surface area contributed by atoms with Gasteiger partial charge in [-0.15, -0.1) is 0 Å². The average molecular weight is 463 g/mol. The summed E-state index contributed by atoms with van der Waals surface area (Å²) in [6.45, 7) is 19.3. The van der Waals surface area contributed by atoms with Gasteiger partial charge in [-0.3, -0.25) is 4.79 Å². The number of hydrogen-bond acceptors (Lipinski definition) is 3. The maximum Gasteiger partial charge on any atom is 0.200 e. The first kappa shape index (κ1) is 29.1. The summed E-state index contributed by atoms with van der Waals surface area (Å²) in [4.78, 5) is 12.3. The molecule has 0 aromatic rings. The Morgan fingerprint density at radius 1 is 0.969 bits per heavy atom. The van der Waals surface area contributed by atoms with Crippen LogP contribution in [-0.4, -0.2) is 33.9 Å². The molecule has 1 aliphatic rings. The van der Waals surface area contributed by atoms with Crippen molar-refractivity contribution in [2.45, 2.75) is 117 Å². The summed E-state index contributed by atoms with van der Waals surface area (Å²) in [7, 11) is -0.229. The van der Waals surface area contributed by atoms with E-state index in [4.69, 9.17) is 9.16 Å². The van der Waals surface area contributed by atoms with Gasteiger partial charge in [0.2, 0.25) is 8.32 Å². The largest absolute Gasteiger partial charge is 0.413 e. The molecule has 1 aliphatic carbocycles. The Bertz CT molecular complexity index is 636. The molecule has 0 saturated carbocycles. The molecule has 4 heteroatoms. The van der Waals surface area contributed by atoms with Crippen LogP contribution in [0.2, 0.25) is 16.6 Å². The normalized spacial score (nSPS) is 26.9. The van der Waals surface area contributed by atoms with Crippen LogP contribution in [0, 0.1) is 5.92 Å². The second-order valence-corrected chi connectivity index (χ2v) is 16.0. The van der Waals surface area contributed by atoms with Crippen LogP contribution in [0.3, 0.4) is 0 Å². The molecule has 3 nitrogen and oxygen atoms in total. The van der Waals surface area contributed by atoms with E-state index in [9.17, 15) is 4.79 Å². The number of rotatable bonds is 7. The molecule has 0 amide bonds. The Hall–Kier alpha value is -0.973. The first-order valence-electron chi connectivity index (χ1n) is 12.7. The topological polar surface area (TPSA) is 35.5 Å². The zero-order valence-corrected chi connectivity index (χ0v) is 23.4. The Morgan fingerprint density at radius 2 is 1.59 bits per heavy atom. The third-order valence-corrected chi connectivity index (χ3v) is 13.5. The predicted octanol–water partition coefficient (Wildman–Crippen LogP) is 8.18. The van der Waals surface area contributed by atoms with Gasteiger partial charge in [-0.05, 0) is 60.7 Å². The van der Waals surface area contributed by atoms with Crippen LogP contribution in [0.4, 0.5) is 0 Å². The molecular weight excluding hydrogens is 412 g/mol. The molecule has 0 aromatic heterocycles. The van der Waals surface area contributed by atoms with Gasteiger partial charge in [0.25, 0.3) is 0 Å². The van der Waals surface area contributed by atoms with Crippen LogP contribution in [0.5, 0.6) is 0 Å². The van der Waals surface area contributed by atoms with E-state index < -0.39 is 8.32 Å². The summed E-state index contributed by atoms with van der Waals surface area (Å²) in [5.74, 6) is 0.680. The van der Waals surface area contributed by atoms with Gasteiger partial charge in [-0.2, -0.15) is 0 Å². The van der Waals surface area contributed by atoms with Crippen LogP contribution in [0.1, 0.15) is 93.9 Å². The van der Waals surface area contributed by atoms with Crippen LogP contribution in [0.25, 0.3) is 0 Å². The maximum absolute atomic E-state index is 12.3. The Labute approximate surface area is 199 Å². The lowest BCUT2D eigenvalue weighted by molar-refractivity contribution is -0.119. The van der Waals surface area contributed by atoms with Crippen LogP contribution in [-0.2, 0) is 14.0 Å². The molecule has 0 radical (unpaired) electrons. The van der Waals surface area contributed by atoms with Crippen molar-refractivity contribution in [2.75, 3.05) is 13.7 Å². The van der Waals surface area contributed by atoms with Gasteiger partial charge in [-0.25, -0.2) is 0 Å². The molecule has 0 heterocycles. The molecule has 0 spiro atoms. The maximum atomic E-state index is 12.3. The molecule has 0 unspecified atom stereocenters. The third kappa shape index (κ3) is 8.42. The minimum atomic E-state index is -1.97. The lowest BCUT2D eigenvalue weighted by atomic mass is 9.94. The highest BCUT2D eigenvalue weighted by atomic mass is 28.4. The number of ketones is 1. The van der Waals surface area contributed by atoms with E-state index in [-0.39, 0.29) is 6.10 Å². The van der Waals surface area contributed by atoms with Gasteiger partial charge in [0, 0.05) is 20.0 Å². The van der Waals surface area contributed by atoms with Gasteiger partial charge in [0.1, 0.15) is 5.78 Å². The Kier molecular flexibility index (Phi) is 13.0. The molecule has 184 valence electrons. The van der Waals surface area contributed by atoms with Crippen LogP contribution in [0.15, 0.2) is 35.5 Å². The first-order valence-corrected chi connectivity index (χ1v) is 14.9. The van der Waals surface area contributed by atoms with E-state index in [1.807, 2.05) is 0 Å². The molecule has 0 saturated heterocycles. The van der Waals surface area contributed by atoms with Gasteiger partial charge in [-0.1, -0.05) is 78.3 Å². The zero-order valence-electron chi connectivity index (χ0n) is 22.4. The molecule has 0 aliphatic heterocycles. The molecule has 0 aromatic carbocycles. The predicted molar refractivity (Wildman–Crippen MR) is 141 cm³/mol. The van der Waals surface area contributed by atoms with E-state index in [1.165, 1.54) is 11.1 Å². The number of allylic oxidation sites excluding steroid dienone is 4. The van der Waals surface area contributed by atoms with E-state index >= 15 is 0 Å². The number of hydrogen-bond donors (Lipinski definition) is 0.